The Morgan fingerprint density at radius 2 is 2.06 bits per heavy atom. The van der Waals surface area contributed by atoms with Crippen molar-refractivity contribution in [3.8, 4) is 0 Å². The van der Waals surface area contributed by atoms with Crippen LogP contribution in [0.4, 0.5) is 4.79 Å². The Morgan fingerprint density at radius 1 is 1.44 bits per heavy atom. The van der Waals surface area contributed by atoms with E-state index in [4.69, 9.17) is 10.8 Å². The molecule has 0 radical (unpaired) electrons. The third-order valence-corrected chi connectivity index (χ3v) is 2.91. The van der Waals surface area contributed by atoms with E-state index in [0.29, 0.717) is 12.2 Å². The standard InChI is InChI=1S/C10H19N3O4S/c1-13(5-3-8(14)15)9(16)7(4-6-18-2)12-10(11)17/h7H,3-6H2,1-2H3,(H,14,15)(H3,11,12,17). The SMILES string of the molecule is CSCCC(NC(N)=O)C(=O)N(C)CCC(=O)O. The van der Waals surface area contributed by atoms with Gasteiger partial charge in [-0.2, -0.15) is 11.8 Å². The summed E-state index contributed by atoms with van der Waals surface area (Å²) in [5.41, 5.74) is 5.00. The predicted molar refractivity (Wildman–Crippen MR) is 69.4 cm³/mol. The van der Waals surface area contributed by atoms with Crippen molar-refractivity contribution in [2.75, 3.05) is 25.6 Å². The van der Waals surface area contributed by atoms with E-state index in [1.165, 1.54) is 11.9 Å². The van der Waals surface area contributed by atoms with E-state index in [-0.39, 0.29) is 18.9 Å². The molecule has 0 rings (SSSR count). The summed E-state index contributed by atoms with van der Waals surface area (Å²) < 4.78 is 0. The molecule has 0 aliphatic carbocycles. The van der Waals surface area contributed by atoms with Crippen LogP contribution in [0.25, 0.3) is 0 Å². The monoisotopic (exact) mass is 277 g/mol. The second-order valence-corrected chi connectivity index (χ2v) is 4.73. The van der Waals surface area contributed by atoms with Crippen molar-refractivity contribution in [1.82, 2.24) is 10.2 Å². The van der Waals surface area contributed by atoms with Crippen LogP contribution in [0.15, 0.2) is 0 Å². The van der Waals surface area contributed by atoms with Crippen molar-refractivity contribution in [1.29, 1.82) is 0 Å². The first kappa shape index (κ1) is 16.6. The number of rotatable bonds is 8. The van der Waals surface area contributed by atoms with Gasteiger partial charge >= 0.3 is 12.0 Å². The number of urea groups is 1. The molecule has 0 aliphatic rings. The number of carboxylic acid groups (broad SMARTS) is 1. The fourth-order valence-electron chi connectivity index (χ4n) is 1.30. The van der Waals surface area contributed by atoms with Crippen LogP contribution in [-0.4, -0.2) is 59.6 Å². The molecule has 1 unspecified atom stereocenters. The van der Waals surface area contributed by atoms with Gasteiger partial charge in [-0.05, 0) is 18.4 Å². The smallest absolute Gasteiger partial charge is 0.312 e. The van der Waals surface area contributed by atoms with Gasteiger partial charge in [-0.15, -0.1) is 0 Å². The molecule has 0 aromatic heterocycles. The highest BCUT2D eigenvalue weighted by atomic mass is 32.2. The summed E-state index contributed by atoms with van der Waals surface area (Å²) in [6, 6.07) is -1.46. The molecule has 0 bridgehead atoms. The zero-order valence-corrected chi connectivity index (χ0v) is 11.3. The van der Waals surface area contributed by atoms with Gasteiger partial charge in [0.15, 0.2) is 0 Å². The zero-order chi connectivity index (χ0) is 14.1. The van der Waals surface area contributed by atoms with Crippen molar-refractivity contribution in [2.24, 2.45) is 5.73 Å². The van der Waals surface area contributed by atoms with Gasteiger partial charge in [-0.25, -0.2) is 4.79 Å². The Hall–Kier alpha value is -1.44. The molecule has 0 heterocycles. The molecule has 0 aliphatic heterocycles. The number of hydrogen-bond acceptors (Lipinski definition) is 4. The number of amides is 3. The molecule has 0 aromatic carbocycles. The Morgan fingerprint density at radius 3 is 2.50 bits per heavy atom. The van der Waals surface area contributed by atoms with Crippen molar-refractivity contribution >= 4 is 29.7 Å². The van der Waals surface area contributed by atoms with Crippen LogP contribution in [0.2, 0.25) is 0 Å². The summed E-state index contributed by atoms with van der Waals surface area (Å²) in [5.74, 6) is -0.606. The van der Waals surface area contributed by atoms with E-state index in [2.05, 4.69) is 5.32 Å². The Balaban J connectivity index is 4.41. The molecule has 4 N–H and O–H groups in total. The second kappa shape index (κ2) is 8.62. The first-order valence-corrected chi connectivity index (χ1v) is 6.79. The van der Waals surface area contributed by atoms with Gasteiger partial charge in [-0.3, -0.25) is 9.59 Å². The molecule has 18 heavy (non-hydrogen) atoms. The summed E-state index contributed by atoms with van der Waals surface area (Å²) in [5, 5.41) is 10.9. The fraction of sp³-hybridized carbons (Fsp3) is 0.700. The number of likely N-dealkylation sites (N-methyl/N-ethyl adjacent to an activating group) is 1. The van der Waals surface area contributed by atoms with E-state index >= 15 is 0 Å². The van der Waals surface area contributed by atoms with Crippen LogP contribution in [0, 0.1) is 0 Å². The molecular formula is C10H19N3O4S. The van der Waals surface area contributed by atoms with Crippen molar-refractivity contribution in [3.63, 3.8) is 0 Å². The molecule has 0 saturated carbocycles. The number of carboxylic acids is 1. The van der Waals surface area contributed by atoms with Crippen LogP contribution in [0.1, 0.15) is 12.8 Å². The topological polar surface area (TPSA) is 113 Å². The minimum absolute atomic E-state index is 0.102. The van der Waals surface area contributed by atoms with E-state index < -0.39 is 18.0 Å². The average molecular weight is 277 g/mol. The number of carbonyl (C=O) groups is 3. The van der Waals surface area contributed by atoms with Gasteiger partial charge in [0.05, 0.1) is 6.42 Å². The lowest BCUT2D eigenvalue weighted by Crippen LogP contribution is -2.49. The fourth-order valence-corrected chi connectivity index (χ4v) is 1.78. The van der Waals surface area contributed by atoms with Gasteiger partial charge in [0.1, 0.15) is 6.04 Å². The minimum atomic E-state index is -0.974. The van der Waals surface area contributed by atoms with E-state index in [1.54, 1.807) is 11.8 Å². The molecule has 0 aromatic rings. The molecule has 7 nitrogen and oxygen atoms in total. The number of nitrogens with two attached hydrogens (primary N) is 1. The van der Waals surface area contributed by atoms with Crippen molar-refractivity contribution < 1.29 is 19.5 Å². The van der Waals surface area contributed by atoms with Crippen LogP contribution in [0.5, 0.6) is 0 Å². The number of aliphatic carboxylic acids is 1. The number of nitrogens with one attached hydrogen (secondary N) is 1. The van der Waals surface area contributed by atoms with Crippen molar-refractivity contribution in [2.45, 2.75) is 18.9 Å². The van der Waals surface area contributed by atoms with Gasteiger partial charge in [0, 0.05) is 13.6 Å². The van der Waals surface area contributed by atoms with E-state index in [0.717, 1.165) is 0 Å². The number of primary amides is 1. The lowest BCUT2D eigenvalue weighted by molar-refractivity contribution is -0.138. The van der Waals surface area contributed by atoms with Gasteiger partial charge in [0.25, 0.3) is 0 Å². The largest absolute Gasteiger partial charge is 0.481 e. The Bertz CT molecular complexity index is 311. The van der Waals surface area contributed by atoms with Crippen LogP contribution in [-0.2, 0) is 9.59 Å². The number of thioether (sulfide) groups is 1. The molecule has 0 spiro atoms. The van der Waals surface area contributed by atoms with E-state index in [9.17, 15) is 14.4 Å². The van der Waals surface area contributed by atoms with Gasteiger partial charge in [0.2, 0.25) is 5.91 Å². The quantitative estimate of drug-likeness (QED) is 0.564. The Labute approximate surface area is 110 Å². The summed E-state index contributed by atoms with van der Waals surface area (Å²) in [6.45, 7) is 0.102. The Kier molecular flexibility index (Phi) is 7.93. The third kappa shape index (κ3) is 7.00. The first-order chi connectivity index (χ1) is 8.38. The summed E-state index contributed by atoms with van der Waals surface area (Å²) in [6.07, 6.45) is 2.22. The van der Waals surface area contributed by atoms with Gasteiger partial charge in [-0.1, -0.05) is 0 Å². The van der Waals surface area contributed by atoms with Crippen LogP contribution in [0.3, 0.4) is 0 Å². The van der Waals surface area contributed by atoms with Crippen LogP contribution >= 0.6 is 11.8 Å². The molecule has 0 saturated heterocycles. The first-order valence-electron chi connectivity index (χ1n) is 5.40. The molecule has 8 heteroatoms. The highest BCUT2D eigenvalue weighted by molar-refractivity contribution is 7.98. The lowest BCUT2D eigenvalue weighted by atomic mass is 10.2. The maximum atomic E-state index is 12.0. The molecule has 0 fully saturated rings. The molecule has 3 amide bonds. The number of carbonyl (C=O) groups excluding carboxylic acids is 2. The van der Waals surface area contributed by atoms with Crippen LogP contribution < -0.4 is 11.1 Å². The highest BCUT2D eigenvalue weighted by Gasteiger charge is 2.22. The molecule has 1 atom stereocenters. The number of nitrogens with zero attached hydrogens (tertiary/aromatic N) is 1. The maximum absolute atomic E-state index is 12.0. The second-order valence-electron chi connectivity index (χ2n) is 3.75. The number of hydrogen-bond donors (Lipinski definition) is 3. The predicted octanol–water partition coefficient (Wildman–Crippen LogP) is -0.290. The van der Waals surface area contributed by atoms with Gasteiger partial charge < -0.3 is 21.1 Å². The van der Waals surface area contributed by atoms with E-state index in [1.807, 2.05) is 6.26 Å². The molecule has 104 valence electrons. The zero-order valence-electron chi connectivity index (χ0n) is 10.5. The maximum Gasteiger partial charge on any atom is 0.312 e. The minimum Gasteiger partial charge on any atom is -0.481 e. The summed E-state index contributed by atoms with van der Waals surface area (Å²) >= 11 is 1.55. The summed E-state index contributed by atoms with van der Waals surface area (Å²) in [4.78, 5) is 34.5. The average Bonchev–Trinajstić information content (AvgIpc) is 2.29. The third-order valence-electron chi connectivity index (χ3n) is 2.26. The lowest BCUT2D eigenvalue weighted by Gasteiger charge is -2.23. The normalized spacial score (nSPS) is 11.7. The highest BCUT2D eigenvalue weighted by Crippen LogP contribution is 2.04. The summed E-state index contributed by atoms with van der Waals surface area (Å²) in [7, 11) is 1.50. The molecular weight excluding hydrogens is 258 g/mol. The van der Waals surface area contributed by atoms with Crippen molar-refractivity contribution in [3.05, 3.63) is 0 Å².